The number of amides is 1. The number of carbonyl (C=O) groups is 1. The Hall–Kier alpha value is -2.81. The van der Waals surface area contributed by atoms with Crippen molar-refractivity contribution in [1.29, 1.82) is 5.26 Å². The van der Waals surface area contributed by atoms with Crippen LogP contribution in [0.5, 0.6) is 0 Å². The molecule has 5 nitrogen and oxygen atoms in total. The largest absolute Gasteiger partial charge is 0.268 e. The van der Waals surface area contributed by atoms with Gasteiger partial charge in [0.1, 0.15) is 6.07 Å². The molecule has 7 heteroatoms. The Kier molecular flexibility index (Phi) is 5.73. The van der Waals surface area contributed by atoms with Gasteiger partial charge < -0.3 is 0 Å². The molecule has 0 N–H and O–H groups in total. The summed E-state index contributed by atoms with van der Waals surface area (Å²) in [7, 11) is 1.50. The molecule has 0 atom stereocenters. The summed E-state index contributed by atoms with van der Waals surface area (Å²) in [6.45, 7) is 4.52. The molecule has 0 bridgehead atoms. The minimum atomic E-state index is -0.251. The lowest BCUT2D eigenvalue weighted by molar-refractivity contribution is 0.0885. The van der Waals surface area contributed by atoms with Crippen molar-refractivity contribution in [2.24, 2.45) is 0 Å². The van der Waals surface area contributed by atoms with Crippen LogP contribution in [0.15, 0.2) is 42.5 Å². The van der Waals surface area contributed by atoms with Crippen LogP contribution in [-0.4, -0.2) is 27.2 Å². The highest BCUT2D eigenvalue weighted by atomic mass is 35.5. The molecule has 0 aliphatic heterocycles. The maximum absolute atomic E-state index is 11.9. The molecule has 3 aromatic rings. The maximum atomic E-state index is 11.9. The van der Waals surface area contributed by atoms with Crippen LogP contribution in [0.1, 0.15) is 32.9 Å². The molecule has 0 saturated carbocycles. The molecule has 0 fully saturated rings. The van der Waals surface area contributed by atoms with Gasteiger partial charge in [0.25, 0.3) is 5.91 Å². The Morgan fingerprint density at radius 1 is 1.21 bits per heavy atom. The fourth-order valence-electron chi connectivity index (χ4n) is 3.13. The van der Waals surface area contributed by atoms with Crippen molar-refractivity contribution in [3.63, 3.8) is 0 Å². The Morgan fingerprint density at radius 2 is 1.89 bits per heavy atom. The smallest absolute Gasteiger partial charge is 0.267 e. The molecular formula is C21H18Cl2N4O. The van der Waals surface area contributed by atoms with Crippen LogP contribution in [0.3, 0.4) is 0 Å². The summed E-state index contributed by atoms with van der Waals surface area (Å²) in [4.78, 5) is 11.9. The predicted molar refractivity (Wildman–Crippen MR) is 110 cm³/mol. The van der Waals surface area contributed by atoms with Crippen LogP contribution in [0.4, 0.5) is 0 Å². The normalized spacial score (nSPS) is 10.6. The molecule has 1 heterocycles. The first-order chi connectivity index (χ1) is 13.3. The van der Waals surface area contributed by atoms with E-state index in [0.717, 1.165) is 32.5 Å². The highest BCUT2D eigenvalue weighted by molar-refractivity contribution is 6.32. The van der Waals surface area contributed by atoms with Crippen molar-refractivity contribution in [3.05, 3.63) is 75.6 Å². The topological polar surface area (TPSA) is 61.9 Å². The second-order valence-electron chi connectivity index (χ2n) is 6.49. The highest BCUT2D eigenvalue weighted by Gasteiger charge is 2.15. The van der Waals surface area contributed by atoms with Gasteiger partial charge in [0.05, 0.1) is 22.8 Å². The molecule has 0 saturated heterocycles. The Morgan fingerprint density at radius 3 is 2.46 bits per heavy atom. The fourth-order valence-corrected chi connectivity index (χ4v) is 3.45. The number of rotatable bonds is 4. The van der Waals surface area contributed by atoms with Gasteiger partial charge in [-0.05, 0) is 49.2 Å². The van der Waals surface area contributed by atoms with Gasteiger partial charge in [-0.25, -0.2) is 0 Å². The van der Waals surface area contributed by atoms with E-state index >= 15 is 0 Å². The molecule has 0 unspecified atom stereocenters. The van der Waals surface area contributed by atoms with E-state index < -0.39 is 0 Å². The summed E-state index contributed by atoms with van der Waals surface area (Å²) < 4.78 is 2.95. The van der Waals surface area contributed by atoms with Gasteiger partial charge in [-0.3, -0.25) is 13.9 Å². The van der Waals surface area contributed by atoms with Crippen molar-refractivity contribution in [2.45, 2.75) is 20.4 Å². The number of hydrogen-bond donors (Lipinski definition) is 0. The van der Waals surface area contributed by atoms with Crippen molar-refractivity contribution in [1.82, 2.24) is 14.2 Å². The lowest BCUT2D eigenvalue weighted by Gasteiger charge is -2.09. The molecule has 2 aromatic carbocycles. The zero-order chi connectivity index (χ0) is 20.4. The van der Waals surface area contributed by atoms with Crippen LogP contribution >= 0.6 is 23.4 Å². The van der Waals surface area contributed by atoms with Gasteiger partial charge in [-0.1, -0.05) is 29.8 Å². The van der Waals surface area contributed by atoms with Crippen LogP contribution < -0.4 is 0 Å². The first-order valence-corrected chi connectivity index (χ1v) is 9.30. The van der Waals surface area contributed by atoms with Gasteiger partial charge >= 0.3 is 0 Å². The number of benzene rings is 2. The molecule has 0 spiro atoms. The molecule has 1 aromatic heterocycles. The first kappa shape index (κ1) is 19.9. The fraction of sp³-hybridized carbons (Fsp3) is 0.190. The quantitative estimate of drug-likeness (QED) is 0.568. The standard InChI is InChI=1S/C21H18Cl2N4O/c1-13-20(17-8-9-18(11-24)19(22)10-17)14(2)27(25-13)12-15-4-6-16(7-5-15)21(28)26(3)23/h4-10H,12H2,1-3H3. The van der Waals surface area contributed by atoms with E-state index in [1.165, 1.54) is 7.05 Å². The number of carbonyl (C=O) groups excluding carboxylic acids is 1. The predicted octanol–water partition coefficient (Wildman–Crippen LogP) is 4.97. The Balaban J connectivity index is 1.89. The number of aryl methyl sites for hydroxylation is 1. The van der Waals surface area contributed by atoms with Gasteiger partial charge in [0, 0.05) is 35.6 Å². The van der Waals surface area contributed by atoms with E-state index in [1.54, 1.807) is 24.3 Å². The van der Waals surface area contributed by atoms with Gasteiger partial charge in [-0.2, -0.15) is 10.4 Å². The SMILES string of the molecule is Cc1nn(Cc2ccc(C(=O)N(C)Cl)cc2)c(C)c1-c1ccc(C#N)c(Cl)c1. The Labute approximate surface area is 173 Å². The number of hydrogen-bond acceptors (Lipinski definition) is 3. The van der Waals surface area contributed by atoms with Crippen molar-refractivity contribution in [3.8, 4) is 17.2 Å². The average Bonchev–Trinajstić information content (AvgIpc) is 2.95. The van der Waals surface area contributed by atoms with E-state index in [2.05, 4.69) is 11.2 Å². The molecule has 1 amide bonds. The molecule has 28 heavy (non-hydrogen) atoms. The lowest BCUT2D eigenvalue weighted by Crippen LogP contribution is -2.16. The van der Waals surface area contributed by atoms with E-state index in [-0.39, 0.29) is 5.91 Å². The summed E-state index contributed by atoms with van der Waals surface area (Å²) in [5.74, 6) is -0.251. The minimum absolute atomic E-state index is 0.251. The maximum Gasteiger partial charge on any atom is 0.267 e. The zero-order valence-electron chi connectivity index (χ0n) is 15.7. The van der Waals surface area contributed by atoms with Crippen molar-refractivity contribution < 1.29 is 4.79 Å². The third-order valence-corrected chi connectivity index (χ3v) is 5.04. The molecule has 0 aliphatic carbocycles. The number of aromatic nitrogens is 2. The van der Waals surface area contributed by atoms with Crippen LogP contribution in [0, 0.1) is 25.2 Å². The highest BCUT2D eigenvalue weighted by Crippen LogP contribution is 2.30. The van der Waals surface area contributed by atoms with Crippen LogP contribution in [0.25, 0.3) is 11.1 Å². The van der Waals surface area contributed by atoms with E-state index in [4.69, 9.17) is 28.6 Å². The van der Waals surface area contributed by atoms with Gasteiger partial charge in [0.15, 0.2) is 0 Å². The van der Waals surface area contributed by atoms with Crippen molar-refractivity contribution in [2.75, 3.05) is 7.05 Å². The second-order valence-corrected chi connectivity index (χ2v) is 7.40. The average molecular weight is 413 g/mol. The molecule has 0 radical (unpaired) electrons. The third-order valence-electron chi connectivity index (χ3n) is 4.57. The van der Waals surface area contributed by atoms with Crippen LogP contribution in [0.2, 0.25) is 5.02 Å². The summed E-state index contributed by atoms with van der Waals surface area (Å²) in [5, 5.41) is 14.1. The summed E-state index contributed by atoms with van der Waals surface area (Å²) in [6, 6.07) is 14.8. The number of nitrogens with zero attached hydrogens (tertiary/aromatic N) is 4. The van der Waals surface area contributed by atoms with Gasteiger partial charge in [-0.15, -0.1) is 0 Å². The second kappa shape index (κ2) is 8.05. The first-order valence-electron chi connectivity index (χ1n) is 8.58. The summed E-state index contributed by atoms with van der Waals surface area (Å²) in [5.41, 5.74) is 5.81. The monoisotopic (exact) mass is 412 g/mol. The van der Waals surface area contributed by atoms with E-state index in [9.17, 15) is 4.79 Å². The third kappa shape index (κ3) is 3.89. The molecule has 142 valence electrons. The summed E-state index contributed by atoms with van der Waals surface area (Å²) >= 11 is 11.9. The summed E-state index contributed by atoms with van der Waals surface area (Å²) in [6.07, 6.45) is 0. The Bertz CT molecular complexity index is 1080. The minimum Gasteiger partial charge on any atom is -0.268 e. The molecular weight excluding hydrogens is 395 g/mol. The number of nitriles is 1. The van der Waals surface area contributed by atoms with Crippen LogP contribution in [-0.2, 0) is 6.54 Å². The van der Waals surface area contributed by atoms with Crippen molar-refractivity contribution >= 4 is 29.3 Å². The zero-order valence-corrected chi connectivity index (χ0v) is 17.2. The lowest BCUT2D eigenvalue weighted by atomic mass is 10.0. The van der Waals surface area contributed by atoms with Gasteiger partial charge in [0.2, 0.25) is 0 Å². The molecule has 3 rings (SSSR count). The molecule has 0 aliphatic rings. The van der Waals surface area contributed by atoms with E-state index in [1.807, 2.05) is 36.7 Å². The van der Waals surface area contributed by atoms with E-state index in [0.29, 0.717) is 22.7 Å². The number of halogens is 2.